The lowest BCUT2D eigenvalue weighted by molar-refractivity contribution is 0.0696. The molecule has 0 aliphatic rings. The van der Waals surface area contributed by atoms with Crippen LogP contribution in [0.3, 0.4) is 0 Å². The van der Waals surface area contributed by atoms with Crippen molar-refractivity contribution >= 4 is 33.7 Å². The molecule has 0 amide bonds. The molecule has 1 aromatic rings. The van der Waals surface area contributed by atoms with Crippen LogP contribution in [0.1, 0.15) is 15.9 Å². The van der Waals surface area contributed by atoms with Crippen molar-refractivity contribution in [1.82, 2.24) is 5.43 Å². The van der Waals surface area contributed by atoms with Gasteiger partial charge in [-0.25, -0.2) is 24.0 Å². The summed E-state index contributed by atoms with van der Waals surface area (Å²) in [5.41, 5.74) is 2.06. The Bertz CT molecular complexity index is 641. The van der Waals surface area contributed by atoms with Gasteiger partial charge in [0.2, 0.25) is 10.0 Å². The molecule has 0 radical (unpaired) electrons. The van der Waals surface area contributed by atoms with Crippen molar-refractivity contribution in [1.29, 1.82) is 0 Å². The molecule has 0 bridgehead atoms. The Balaban J connectivity index is 3.51. The molecule has 0 saturated carbocycles. The van der Waals surface area contributed by atoms with E-state index in [0.29, 0.717) is 0 Å². The molecule has 0 saturated heterocycles. The highest BCUT2D eigenvalue weighted by molar-refractivity contribution is 7.92. The van der Waals surface area contributed by atoms with Crippen LogP contribution in [0.2, 0.25) is 0 Å². The predicted octanol–water partition coefficient (Wildman–Crippen LogP) is -0.628. The Morgan fingerprint density at radius 1 is 1.50 bits per heavy atom. The fourth-order valence-corrected chi connectivity index (χ4v) is 2.05. The summed E-state index contributed by atoms with van der Waals surface area (Å²) in [7, 11) is -3.62. The third-order valence-corrected chi connectivity index (χ3v) is 2.76. The minimum atomic E-state index is -3.62. The van der Waals surface area contributed by atoms with Gasteiger partial charge in [0.05, 0.1) is 29.8 Å². The lowest BCUT2D eigenvalue weighted by Gasteiger charge is -2.13. The summed E-state index contributed by atoms with van der Waals surface area (Å²) in [5, 5.41) is 18.2. The number of carbonyl (C=O) groups is 1. The fraction of sp³-hybridized carbons (Fsp3) is 0.200. The maximum Gasteiger partial charge on any atom is 0.335 e. The molecule has 0 aliphatic heterocycles. The number of hydrogen-bond donors (Lipinski definition) is 5. The van der Waals surface area contributed by atoms with E-state index in [1.54, 1.807) is 0 Å². The van der Waals surface area contributed by atoms with Gasteiger partial charge < -0.3 is 15.6 Å². The van der Waals surface area contributed by atoms with E-state index in [1.807, 2.05) is 0 Å². The quantitative estimate of drug-likeness (QED) is 0.203. The van der Waals surface area contributed by atoms with Gasteiger partial charge in [0.25, 0.3) is 0 Å². The van der Waals surface area contributed by atoms with Crippen LogP contribution in [0.15, 0.2) is 17.1 Å². The highest BCUT2D eigenvalue weighted by atomic mass is 32.2. The number of nitrogens with zero attached hydrogens (tertiary/aromatic N) is 1. The van der Waals surface area contributed by atoms with Gasteiger partial charge >= 0.3 is 5.97 Å². The van der Waals surface area contributed by atoms with Crippen LogP contribution < -0.4 is 16.0 Å². The number of sulfonamides is 1. The molecule has 1 aromatic carbocycles. The smallest absolute Gasteiger partial charge is 0.335 e. The zero-order valence-electron chi connectivity index (χ0n) is 10.5. The fourth-order valence-electron chi connectivity index (χ4n) is 1.45. The van der Waals surface area contributed by atoms with Crippen molar-refractivity contribution in [2.75, 3.05) is 11.0 Å². The highest BCUT2D eigenvalue weighted by Crippen LogP contribution is 2.31. The van der Waals surface area contributed by atoms with Gasteiger partial charge in [0, 0.05) is 5.56 Å². The third kappa shape index (κ3) is 4.19. The number of anilines is 1. The Labute approximate surface area is 115 Å². The van der Waals surface area contributed by atoms with Crippen molar-refractivity contribution in [3.8, 4) is 0 Å². The van der Waals surface area contributed by atoms with Gasteiger partial charge in [0.1, 0.15) is 6.34 Å². The molecule has 0 aliphatic carbocycles. The molecule has 0 unspecified atom stereocenters. The Morgan fingerprint density at radius 2 is 2.15 bits per heavy atom. The average Bonchev–Trinajstić information content (AvgIpc) is 2.35. The first-order chi connectivity index (χ1) is 9.28. The lowest BCUT2D eigenvalue weighted by atomic mass is 10.1. The Morgan fingerprint density at radius 3 is 2.60 bits per heavy atom. The van der Waals surface area contributed by atoms with Crippen molar-refractivity contribution < 1.29 is 23.4 Å². The summed E-state index contributed by atoms with van der Waals surface area (Å²) in [4.78, 5) is 14.8. The number of aliphatic hydroxyl groups is 1. The summed E-state index contributed by atoms with van der Waals surface area (Å²) in [6.07, 6.45) is 1.98. The molecular formula is C10H14N4O5S. The number of aliphatic imine (C=N–C) groups is 1. The summed E-state index contributed by atoms with van der Waals surface area (Å²) >= 11 is 0. The molecule has 110 valence electrons. The number of carboxylic acids is 1. The first-order valence-corrected chi connectivity index (χ1v) is 7.15. The molecule has 1 rings (SSSR count). The van der Waals surface area contributed by atoms with Crippen LogP contribution in [0.5, 0.6) is 0 Å². The van der Waals surface area contributed by atoms with Gasteiger partial charge in [-0.05, 0) is 12.1 Å². The molecule has 0 aromatic heterocycles. The first kappa shape index (κ1) is 15.9. The van der Waals surface area contributed by atoms with Crippen molar-refractivity contribution in [2.45, 2.75) is 6.61 Å². The average molecular weight is 302 g/mol. The number of hydrazine groups is 1. The standard InChI is InChI=1S/C10H14N4O5S/c1-20(18,19)14-9-7(4-15)2-6(10(16)17)3-8(9)12-5-13-11/h2-3,5,14-15H,4,11H2,1H3,(H,12,13)(H,16,17). The molecule has 0 fully saturated rings. The molecular weight excluding hydrogens is 288 g/mol. The number of nitrogens with one attached hydrogen (secondary N) is 2. The summed E-state index contributed by atoms with van der Waals surface area (Å²) in [6.45, 7) is -0.558. The van der Waals surface area contributed by atoms with E-state index >= 15 is 0 Å². The van der Waals surface area contributed by atoms with E-state index in [1.165, 1.54) is 0 Å². The van der Waals surface area contributed by atoms with E-state index in [9.17, 15) is 18.3 Å². The first-order valence-electron chi connectivity index (χ1n) is 5.26. The maximum absolute atomic E-state index is 11.3. The number of aromatic carboxylic acids is 1. The summed E-state index contributed by atoms with van der Waals surface area (Å²) in [5.74, 6) is 3.78. The van der Waals surface area contributed by atoms with Gasteiger partial charge in [-0.3, -0.25) is 4.72 Å². The van der Waals surface area contributed by atoms with Crippen LogP contribution in [0.25, 0.3) is 0 Å². The normalized spacial score (nSPS) is 11.6. The minimum absolute atomic E-state index is 0.00787. The maximum atomic E-state index is 11.3. The van der Waals surface area contributed by atoms with Crippen molar-refractivity contribution in [2.24, 2.45) is 10.8 Å². The molecule has 9 nitrogen and oxygen atoms in total. The highest BCUT2D eigenvalue weighted by Gasteiger charge is 2.16. The molecule has 10 heteroatoms. The second kappa shape index (κ2) is 6.32. The SMILES string of the molecule is CS(=O)(=O)Nc1c(CO)cc(C(=O)O)cc1N=CNN. The third-order valence-electron chi connectivity index (χ3n) is 2.18. The summed E-state index contributed by atoms with van der Waals surface area (Å²) < 4.78 is 24.8. The molecule has 20 heavy (non-hydrogen) atoms. The predicted molar refractivity (Wildman–Crippen MR) is 73.3 cm³/mol. The van der Waals surface area contributed by atoms with Gasteiger partial charge in [-0.2, -0.15) is 0 Å². The monoisotopic (exact) mass is 302 g/mol. The number of aliphatic hydroxyl groups excluding tert-OH is 1. The number of nitrogens with two attached hydrogens (primary N) is 1. The van der Waals surface area contributed by atoms with Gasteiger partial charge in [-0.15, -0.1) is 0 Å². The zero-order chi connectivity index (χ0) is 15.3. The van der Waals surface area contributed by atoms with E-state index in [4.69, 9.17) is 10.9 Å². The largest absolute Gasteiger partial charge is 0.478 e. The Kier molecular flexibility index (Phi) is 5.02. The van der Waals surface area contributed by atoms with Gasteiger partial charge in [0.15, 0.2) is 0 Å². The number of hydrogen-bond acceptors (Lipinski definition) is 6. The molecule has 0 heterocycles. The van der Waals surface area contributed by atoms with Crippen molar-refractivity contribution in [3.63, 3.8) is 0 Å². The zero-order valence-corrected chi connectivity index (χ0v) is 11.3. The lowest BCUT2D eigenvalue weighted by Crippen LogP contribution is -2.19. The molecule has 0 spiro atoms. The van der Waals surface area contributed by atoms with Gasteiger partial charge in [-0.1, -0.05) is 0 Å². The molecule has 6 N–H and O–H groups in total. The van der Waals surface area contributed by atoms with Crippen LogP contribution in [-0.4, -0.2) is 37.2 Å². The van der Waals surface area contributed by atoms with E-state index in [-0.39, 0.29) is 22.5 Å². The second-order valence-corrected chi connectivity index (χ2v) is 5.54. The van der Waals surface area contributed by atoms with E-state index < -0.39 is 22.6 Å². The van der Waals surface area contributed by atoms with Crippen LogP contribution in [0.4, 0.5) is 11.4 Å². The van der Waals surface area contributed by atoms with E-state index in [2.05, 4.69) is 15.1 Å². The number of carboxylic acid groups (broad SMARTS) is 1. The number of benzene rings is 1. The van der Waals surface area contributed by atoms with E-state index in [0.717, 1.165) is 24.7 Å². The number of rotatable bonds is 6. The van der Waals surface area contributed by atoms with Crippen molar-refractivity contribution in [3.05, 3.63) is 23.3 Å². The topological polar surface area (TPSA) is 154 Å². The Hall–Kier alpha value is -2.17. The van der Waals surface area contributed by atoms with Crippen LogP contribution in [0, 0.1) is 0 Å². The molecule has 0 atom stereocenters. The van der Waals surface area contributed by atoms with Crippen LogP contribution in [-0.2, 0) is 16.6 Å². The summed E-state index contributed by atoms with van der Waals surface area (Å²) in [6, 6.07) is 2.31. The van der Waals surface area contributed by atoms with Crippen LogP contribution >= 0.6 is 0 Å². The minimum Gasteiger partial charge on any atom is -0.478 e. The second-order valence-electron chi connectivity index (χ2n) is 3.79.